The van der Waals surface area contributed by atoms with Crippen molar-refractivity contribution in [2.75, 3.05) is 59.9 Å². The van der Waals surface area contributed by atoms with Crippen LogP contribution in [0.4, 0.5) is 0 Å². The van der Waals surface area contributed by atoms with E-state index in [4.69, 9.17) is 0 Å². The van der Waals surface area contributed by atoms with Crippen LogP contribution in [0.3, 0.4) is 0 Å². The van der Waals surface area contributed by atoms with Crippen LogP contribution in [-0.4, -0.2) is 93.2 Å². The predicted octanol–water partition coefficient (Wildman–Crippen LogP) is 1.46. The molecule has 162 valence electrons. The van der Waals surface area contributed by atoms with Gasteiger partial charge < -0.3 is 4.90 Å². The summed E-state index contributed by atoms with van der Waals surface area (Å²) in [7, 11) is -0.312. The van der Waals surface area contributed by atoms with Gasteiger partial charge in [-0.3, -0.25) is 14.6 Å². The van der Waals surface area contributed by atoms with E-state index < -0.39 is 10.0 Å². The van der Waals surface area contributed by atoms with Gasteiger partial charge in [-0.05, 0) is 30.5 Å². The molecule has 1 amide bonds. The number of amides is 1. The van der Waals surface area contributed by atoms with E-state index >= 15 is 0 Å². The maximum atomic E-state index is 12.6. The van der Waals surface area contributed by atoms with Gasteiger partial charge in [-0.1, -0.05) is 25.0 Å². The van der Waals surface area contributed by atoms with Crippen molar-refractivity contribution < 1.29 is 13.2 Å². The average Bonchev–Trinajstić information content (AvgIpc) is 2.99. The topological polar surface area (TPSA) is 64.2 Å². The van der Waals surface area contributed by atoms with Gasteiger partial charge in [0, 0.05) is 59.9 Å². The van der Waals surface area contributed by atoms with Gasteiger partial charge in [0.15, 0.2) is 0 Å². The Bertz CT molecular complexity index is 781. The SMILES string of the molecule is CN(C)S(=O)(=O)c1cccc(CN2CCN(CC(=O)N3CCCCCC3)CC2)c1. The summed E-state index contributed by atoms with van der Waals surface area (Å²) in [5, 5.41) is 0. The van der Waals surface area contributed by atoms with Gasteiger partial charge >= 0.3 is 0 Å². The Morgan fingerprint density at radius 3 is 2.17 bits per heavy atom. The van der Waals surface area contributed by atoms with Crippen molar-refractivity contribution >= 4 is 15.9 Å². The molecular weight excluding hydrogens is 388 g/mol. The highest BCUT2D eigenvalue weighted by Crippen LogP contribution is 2.17. The summed E-state index contributed by atoms with van der Waals surface area (Å²) < 4.78 is 25.9. The minimum absolute atomic E-state index is 0.266. The van der Waals surface area contributed by atoms with E-state index in [2.05, 4.69) is 9.80 Å². The van der Waals surface area contributed by atoms with Gasteiger partial charge in [0.2, 0.25) is 15.9 Å². The Morgan fingerprint density at radius 2 is 1.55 bits per heavy atom. The van der Waals surface area contributed by atoms with Crippen LogP contribution < -0.4 is 0 Å². The van der Waals surface area contributed by atoms with Crippen LogP contribution in [0.2, 0.25) is 0 Å². The summed E-state index contributed by atoms with van der Waals surface area (Å²) in [5.74, 6) is 0.266. The van der Waals surface area contributed by atoms with Crippen molar-refractivity contribution in [1.29, 1.82) is 0 Å². The van der Waals surface area contributed by atoms with Crippen molar-refractivity contribution in [2.24, 2.45) is 0 Å². The first-order chi connectivity index (χ1) is 13.9. The zero-order valence-corrected chi connectivity index (χ0v) is 18.5. The molecule has 8 heteroatoms. The van der Waals surface area contributed by atoms with Crippen molar-refractivity contribution in [3.8, 4) is 0 Å². The first-order valence-electron chi connectivity index (χ1n) is 10.6. The number of rotatable bonds is 6. The third-order valence-corrected chi connectivity index (χ3v) is 7.68. The Balaban J connectivity index is 1.49. The number of nitrogens with zero attached hydrogens (tertiary/aromatic N) is 4. The van der Waals surface area contributed by atoms with Gasteiger partial charge in [-0.2, -0.15) is 0 Å². The summed E-state index contributed by atoms with van der Waals surface area (Å²) in [5.41, 5.74) is 1.00. The van der Waals surface area contributed by atoms with E-state index in [1.165, 1.54) is 17.1 Å². The van der Waals surface area contributed by atoms with Gasteiger partial charge in [-0.25, -0.2) is 12.7 Å². The van der Waals surface area contributed by atoms with Gasteiger partial charge in [0.25, 0.3) is 0 Å². The lowest BCUT2D eigenvalue weighted by atomic mass is 10.2. The number of sulfonamides is 1. The van der Waals surface area contributed by atoms with Gasteiger partial charge in [-0.15, -0.1) is 0 Å². The highest BCUT2D eigenvalue weighted by Gasteiger charge is 2.23. The minimum atomic E-state index is -3.41. The lowest BCUT2D eigenvalue weighted by molar-refractivity contribution is -0.132. The molecule has 7 nitrogen and oxygen atoms in total. The van der Waals surface area contributed by atoms with Crippen LogP contribution >= 0.6 is 0 Å². The van der Waals surface area contributed by atoms with Crippen molar-refractivity contribution in [3.63, 3.8) is 0 Å². The third kappa shape index (κ3) is 6.01. The summed E-state index contributed by atoms with van der Waals surface area (Å²) >= 11 is 0. The fourth-order valence-corrected chi connectivity index (χ4v) is 4.96. The summed E-state index contributed by atoms with van der Waals surface area (Å²) in [6.07, 6.45) is 4.73. The lowest BCUT2D eigenvalue weighted by Gasteiger charge is -2.35. The molecule has 1 aromatic carbocycles. The molecule has 2 fully saturated rings. The van der Waals surface area contributed by atoms with E-state index in [1.54, 1.807) is 26.2 Å². The van der Waals surface area contributed by atoms with Crippen LogP contribution in [0.25, 0.3) is 0 Å². The molecule has 29 heavy (non-hydrogen) atoms. The number of hydrogen-bond acceptors (Lipinski definition) is 5. The lowest BCUT2D eigenvalue weighted by Crippen LogP contribution is -2.49. The van der Waals surface area contributed by atoms with E-state index in [1.807, 2.05) is 17.0 Å². The van der Waals surface area contributed by atoms with E-state index in [9.17, 15) is 13.2 Å². The predicted molar refractivity (Wildman–Crippen MR) is 114 cm³/mol. The number of piperazine rings is 1. The quantitative estimate of drug-likeness (QED) is 0.695. The average molecular weight is 423 g/mol. The molecule has 0 aliphatic carbocycles. The smallest absolute Gasteiger partial charge is 0.242 e. The molecule has 0 radical (unpaired) electrons. The molecule has 0 bridgehead atoms. The normalized spacial score (nSPS) is 20.0. The monoisotopic (exact) mass is 422 g/mol. The Labute approximate surface area is 175 Å². The zero-order chi connectivity index (χ0) is 20.9. The Kier molecular flexibility index (Phi) is 7.67. The second kappa shape index (κ2) is 10.0. The third-order valence-electron chi connectivity index (χ3n) is 5.87. The van der Waals surface area contributed by atoms with Crippen molar-refractivity contribution in [2.45, 2.75) is 37.1 Å². The fraction of sp³-hybridized carbons (Fsp3) is 0.667. The number of benzene rings is 1. The highest BCUT2D eigenvalue weighted by molar-refractivity contribution is 7.89. The molecule has 0 N–H and O–H groups in total. The van der Waals surface area contributed by atoms with E-state index in [0.29, 0.717) is 11.4 Å². The standard InChI is InChI=1S/C21H34N4O3S/c1-22(2)29(27,28)20-9-7-8-19(16-20)17-23-12-14-24(15-13-23)18-21(26)25-10-5-3-4-6-11-25/h7-9,16H,3-6,10-15,17-18H2,1-2H3. The first kappa shape index (κ1) is 22.2. The molecule has 2 aliphatic heterocycles. The summed E-state index contributed by atoms with van der Waals surface area (Å²) in [4.78, 5) is 19.5. The zero-order valence-electron chi connectivity index (χ0n) is 17.7. The number of likely N-dealkylation sites (tertiary alicyclic amines) is 1. The van der Waals surface area contributed by atoms with Gasteiger partial charge in [0.1, 0.15) is 0 Å². The van der Waals surface area contributed by atoms with Gasteiger partial charge in [0.05, 0.1) is 11.4 Å². The molecule has 0 unspecified atom stereocenters. The molecule has 1 aromatic rings. The molecule has 2 saturated heterocycles. The molecule has 0 aromatic heterocycles. The fourth-order valence-electron chi connectivity index (χ4n) is 3.99. The van der Waals surface area contributed by atoms with Crippen LogP contribution in [0, 0.1) is 0 Å². The number of hydrogen-bond donors (Lipinski definition) is 0. The Morgan fingerprint density at radius 1 is 0.931 bits per heavy atom. The van der Waals surface area contributed by atoms with Crippen LogP contribution in [-0.2, 0) is 21.4 Å². The molecule has 0 spiro atoms. The van der Waals surface area contributed by atoms with Crippen LogP contribution in [0.1, 0.15) is 31.2 Å². The summed E-state index contributed by atoms with van der Waals surface area (Å²) in [6.45, 7) is 6.57. The number of carbonyl (C=O) groups is 1. The van der Waals surface area contributed by atoms with E-state index in [-0.39, 0.29) is 5.91 Å². The molecule has 0 atom stereocenters. The number of carbonyl (C=O) groups excluding carboxylic acids is 1. The van der Waals surface area contributed by atoms with Crippen molar-refractivity contribution in [3.05, 3.63) is 29.8 Å². The molecule has 2 heterocycles. The highest BCUT2D eigenvalue weighted by atomic mass is 32.2. The minimum Gasteiger partial charge on any atom is -0.342 e. The second-order valence-electron chi connectivity index (χ2n) is 8.28. The summed E-state index contributed by atoms with van der Waals surface area (Å²) in [6, 6.07) is 7.20. The van der Waals surface area contributed by atoms with Crippen LogP contribution in [0.15, 0.2) is 29.2 Å². The molecule has 2 aliphatic rings. The molecular formula is C21H34N4O3S. The van der Waals surface area contributed by atoms with Crippen molar-refractivity contribution in [1.82, 2.24) is 19.0 Å². The largest absolute Gasteiger partial charge is 0.342 e. The molecule has 0 saturated carbocycles. The first-order valence-corrected chi connectivity index (χ1v) is 12.0. The second-order valence-corrected chi connectivity index (χ2v) is 10.4. The van der Waals surface area contributed by atoms with E-state index in [0.717, 1.165) is 64.2 Å². The van der Waals surface area contributed by atoms with Crippen LogP contribution in [0.5, 0.6) is 0 Å². The molecule has 3 rings (SSSR count). The Hall–Kier alpha value is -1.48. The maximum absolute atomic E-state index is 12.6. The maximum Gasteiger partial charge on any atom is 0.242 e.